The monoisotopic (exact) mass is 639 g/mol. The zero-order valence-corrected chi connectivity index (χ0v) is 25.7. The molecule has 1 fully saturated rings. The predicted molar refractivity (Wildman–Crippen MR) is 172 cm³/mol. The highest BCUT2D eigenvalue weighted by Gasteiger charge is 2.29. The van der Waals surface area contributed by atoms with Crippen molar-refractivity contribution >= 4 is 56.3 Å². The summed E-state index contributed by atoms with van der Waals surface area (Å²) in [5, 5.41) is 4.22. The zero-order valence-electron chi connectivity index (χ0n) is 23.4. The minimum absolute atomic E-state index is 0.0117. The fourth-order valence-corrected chi connectivity index (χ4v) is 5.71. The highest BCUT2D eigenvalue weighted by molar-refractivity contribution is 7.92. The number of piperidine rings is 1. The molecule has 12 heteroatoms. The molecule has 3 aromatic carbocycles. The number of amides is 2. The fraction of sp³-hybridized carbons (Fsp3) is 0.226. The SMILES string of the molecule is CS(=O)(=O)Nc1ccc(Oc2ccc(CN3CCC(N(C(=O)Nc4ccc(Cl)cc4)c4ccc(Cl)cc4)CC3)cn2)cc1. The van der Waals surface area contributed by atoms with Crippen molar-refractivity contribution in [2.75, 3.05) is 34.3 Å². The van der Waals surface area contributed by atoms with Crippen molar-refractivity contribution in [3.05, 3.63) is 107 Å². The number of ether oxygens (including phenoxy) is 1. The molecule has 5 rings (SSSR count). The number of hydrogen-bond donors (Lipinski definition) is 2. The van der Waals surface area contributed by atoms with Crippen molar-refractivity contribution in [1.29, 1.82) is 0 Å². The largest absolute Gasteiger partial charge is 0.439 e. The minimum Gasteiger partial charge on any atom is -0.439 e. The standard InChI is InChI=1S/C31H31Cl2N5O4S/c1-43(40,41)36-26-9-13-29(14-10-26)42-30-15-2-22(20-34-30)21-37-18-16-28(17-19-37)38(27-11-5-24(33)6-12-27)31(39)35-25-7-3-23(32)4-8-25/h2-15,20,28,36H,16-19,21H2,1H3,(H,35,39). The van der Waals surface area contributed by atoms with E-state index < -0.39 is 10.0 Å². The van der Waals surface area contributed by atoms with Crippen LogP contribution in [0.4, 0.5) is 21.9 Å². The summed E-state index contributed by atoms with van der Waals surface area (Å²) < 4.78 is 31.0. The lowest BCUT2D eigenvalue weighted by atomic mass is 10.0. The molecule has 9 nitrogen and oxygen atoms in total. The third-order valence-corrected chi connectivity index (χ3v) is 8.04. The Bertz CT molecular complexity index is 1630. The van der Waals surface area contributed by atoms with Gasteiger partial charge in [-0.15, -0.1) is 0 Å². The second-order valence-corrected chi connectivity index (χ2v) is 12.9. The Morgan fingerprint density at radius 2 is 1.51 bits per heavy atom. The van der Waals surface area contributed by atoms with Gasteiger partial charge in [0.15, 0.2) is 0 Å². The highest BCUT2D eigenvalue weighted by Crippen LogP contribution is 2.28. The van der Waals surface area contributed by atoms with Gasteiger partial charge in [-0.2, -0.15) is 0 Å². The Labute approximate surface area is 261 Å². The van der Waals surface area contributed by atoms with Crippen LogP contribution in [0.25, 0.3) is 0 Å². The van der Waals surface area contributed by atoms with Gasteiger partial charge in [-0.1, -0.05) is 29.3 Å². The number of anilines is 3. The van der Waals surface area contributed by atoms with Crippen LogP contribution in [0.2, 0.25) is 10.0 Å². The van der Waals surface area contributed by atoms with Gasteiger partial charge in [-0.25, -0.2) is 18.2 Å². The summed E-state index contributed by atoms with van der Waals surface area (Å²) in [5.74, 6) is 0.989. The molecule has 0 bridgehead atoms. The van der Waals surface area contributed by atoms with Crippen LogP contribution in [0, 0.1) is 0 Å². The smallest absolute Gasteiger partial charge is 0.326 e. The molecule has 0 atom stereocenters. The third-order valence-electron chi connectivity index (χ3n) is 6.93. The van der Waals surface area contributed by atoms with E-state index in [4.69, 9.17) is 27.9 Å². The van der Waals surface area contributed by atoms with Crippen LogP contribution in [-0.2, 0) is 16.6 Å². The molecule has 1 saturated heterocycles. The molecular formula is C31H31Cl2N5O4S. The van der Waals surface area contributed by atoms with Gasteiger partial charge >= 0.3 is 6.03 Å². The number of benzene rings is 3. The molecule has 4 aromatic rings. The number of urea groups is 1. The Hall–Kier alpha value is -3.83. The van der Waals surface area contributed by atoms with Gasteiger partial charge in [0.1, 0.15) is 5.75 Å². The first-order valence-corrected chi connectivity index (χ1v) is 16.3. The van der Waals surface area contributed by atoms with Gasteiger partial charge in [0.05, 0.1) is 6.26 Å². The molecule has 0 radical (unpaired) electrons. The van der Waals surface area contributed by atoms with Crippen molar-refractivity contribution in [3.63, 3.8) is 0 Å². The highest BCUT2D eigenvalue weighted by atomic mass is 35.5. The molecule has 0 unspecified atom stereocenters. The number of halogens is 2. The third kappa shape index (κ3) is 8.84. The van der Waals surface area contributed by atoms with E-state index in [-0.39, 0.29) is 12.1 Å². The second-order valence-electron chi connectivity index (χ2n) is 10.3. The van der Waals surface area contributed by atoms with Gasteiger partial charge in [-0.3, -0.25) is 14.5 Å². The number of nitrogens with zero attached hydrogens (tertiary/aromatic N) is 3. The molecule has 2 amide bonds. The van der Waals surface area contributed by atoms with E-state index >= 15 is 0 Å². The Balaban J connectivity index is 1.17. The Morgan fingerprint density at radius 3 is 2.09 bits per heavy atom. The van der Waals surface area contributed by atoms with Crippen LogP contribution < -0.4 is 19.7 Å². The first-order chi connectivity index (χ1) is 20.6. The molecular weight excluding hydrogens is 609 g/mol. The summed E-state index contributed by atoms with van der Waals surface area (Å²) >= 11 is 12.1. The number of carbonyl (C=O) groups excluding carboxylic acids is 1. The van der Waals surface area contributed by atoms with E-state index in [1.165, 1.54) is 0 Å². The fourth-order valence-electron chi connectivity index (χ4n) is 4.90. The summed E-state index contributed by atoms with van der Waals surface area (Å²) in [6.07, 6.45) is 4.50. The maximum absolute atomic E-state index is 13.5. The Morgan fingerprint density at radius 1 is 0.907 bits per heavy atom. The van der Waals surface area contributed by atoms with E-state index in [9.17, 15) is 13.2 Å². The van der Waals surface area contributed by atoms with Crippen LogP contribution in [0.3, 0.4) is 0 Å². The topological polar surface area (TPSA) is 104 Å². The summed E-state index contributed by atoms with van der Waals surface area (Å²) in [6.45, 7) is 2.36. The molecule has 0 spiro atoms. The van der Waals surface area contributed by atoms with Crippen LogP contribution in [-0.4, -0.2) is 49.7 Å². The van der Waals surface area contributed by atoms with E-state index in [1.807, 2.05) is 29.2 Å². The quantitative estimate of drug-likeness (QED) is 0.200. The van der Waals surface area contributed by atoms with Gasteiger partial charge < -0.3 is 10.1 Å². The van der Waals surface area contributed by atoms with Gasteiger partial charge in [0.25, 0.3) is 0 Å². The van der Waals surface area contributed by atoms with E-state index in [0.717, 1.165) is 50.0 Å². The lowest BCUT2D eigenvalue weighted by Gasteiger charge is -2.38. The Kier molecular flexibility index (Phi) is 9.72. The lowest BCUT2D eigenvalue weighted by molar-refractivity contribution is 0.199. The molecule has 0 saturated carbocycles. The summed E-state index contributed by atoms with van der Waals surface area (Å²) in [5.41, 5.74) is 2.97. The summed E-state index contributed by atoms with van der Waals surface area (Å²) in [7, 11) is -3.34. The lowest BCUT2D eigenvalue weighted by Crippen LogP contribution is -2.49. The van der Waals surface area contributed by atoms with Crippen molar-refractivity contribution in [1.82, 2.24) is 9.88 Å². The molecule has 1 aliphatic rings. The van der Waals surface area contributed by atoms with Crippen molar-refractivity contribution in [2.24, 2.45) is 0 Å². The first kappa shape index (κ1) is 30.6. The molecule has 224 valence electrons. The molecule has 1 aliphatic heterocycles. The van der Waals surface area contributed by atoms with Crippen molar-refractivity contribution < 1.29 is 17.9 Å². The number of aromatic nitrogens is 1. The summed E-state index contributed by atoms with van der Waals surface area (Å²) in [6, 6.07) is 24.6. The van der Waals surface area contributed by atoms with Gasteiger partial charge in [0.2, 0.25) is 15.9 Å². The molecule has 43 heavy (non-hydrogen) atoms. The average Bonchev–Trinajstić information content (AvgIpc) is 2.98. The normalized spacial score (nSPS) is 14.2. The first-order valence-electron chi connectivity index (χ1n) is 13.7. The molecule has 1 aromatic heterocycles. The number of nitrogens with one attached hydrogen (secondary N) is 2. The van der Waals surface area contributed by atoms with Crippen LogP contribution in [0.5, 0.6) is 11.6 Å². The van der Waals surface area contributed by atoms with E-state index in [1.54, 1.807) is 66.9 Å². The van der Waals surface area contributed by atoms with Gasteiger partial charge in [0, 0.05) is 65.0 Å². The number of pyridine rings is 1. The van der Waals surface area contributed by atoms with Crippen LogP contribution >= 0.6 is 23.2 Å². The molecule has 2 heterocycles. The number of sulfonamides is 1. The van der Waals surface area contributed by atoms with Gasteiger partial charge in [-0.05, 0) is 91.2 Å². The molecule has 2 N–H and O–H groups in total. The maximum atomic E-state index is 13.5. The minimum atomic E-state index is -3.34. The van der Waals surface area contributed by atoms with E-state index in [2.05, 4.69) is 19.9 Å². The zero-order chi connectivity index (χ0) is 30.4. The van der Waals surface area contributed by atoms with Crippen molar-refractivity contribution in [3.8, 4) is 11.6 Å². The number of carbonyl (C=O) groups is 1. The molecule has 0 aliphatic carbocycles. The second kappa shape index (κ2) is 13.6. The van der Waals surface area contributed by atoms with E-state index in [0.29, 0.717) is 33.0 Å². The van der Waals surface area contributed by atoms with Crippen LogP contribution in [0.15, 0.2) is 91.1 Å². The van der Waals surface area contributed by atoms with Crippen LogP contribution in [0.1, 0.15) is 18.4 Å². The predicted octanol–water partition coefficient (Wildman–Crippen LogP) is 7.26. The van der Waals surface area contributed by atoms with Crippen molar-refractivity contribution in [2.45, 2.75) is 25.4 Å². The summed E-state index contributed by atoms with van der Waals surface area (Å²) in [4.78, 5) is 22.1. The number of likely N-dealkylation sites (tertiary alicyclic amines) is 1. The average molecular weight is 641 g/mol. The maximum Gasteiger partial charge on any atom is 0.326 e. The number of rotatable bonds is 9. The number of hydrogen-bond acceptors (Lipinski definition) is 6.